The van der Waals surface area contributed by atoms with E-state index in [1.807, 2.05) is 81.4 Å². The van der Waals surface area contributed by atoms with Crippen LogP contribution in [0.3, 0.4) is 0 Å². The van der Waals surface area contributed by atoms with Gasteiger partial charge in [0.15, 0.2) is 57.6 Å². The van der Waals surface area contributed by atoms with E-state index < -0.39 is 48.1 Å². The van der Waals surface area contributed by atoms with Gasteiger partial charge >= 0.3 is 11.9 Å². The van der Waals surface area contributed by atoms with E-state index in [9.17, 15) is 28.8 Å². The summed E-state index contributed by atoms with van der Waals surface area (Å²) in [6.07, 6.45) is 6.18. The molecule has 0 bridgehead atoms. The summed E-state index contributed by atoms with van der Waals surface area (Å²) < 4.78 is 81.4. The molecular weight excluding hydrogens is 1370 g/mol. The number of hydrogen-bond acceptors (Lipinski definition) is 21. The Hall–Kier alpha value is -9.90. The lowest BCUT2D eigenvalue weighted by molar-refractivity contribution is -0.162. The molecule has 2 amide bonds. The summed E-state index contributed by atoms with van der Waals surface area (Å²) in [5.41, 5.74) is 4.48. The van der Waals surface area contributed by atoms with Crippen molar-refractivity contribution in [3.05, 3.63) is 143 Å². The lowest BCUT2D eigenvalue weighted by atomic mass is 9.91. The van der Waals surface area contributed by atoms with Crippen molar-refractivity contribution in [2.45, 2.75) is 153 Å². The Bertz CT molecular complexity index is 3640. The van der Waals surface area contributed by atoms with E-state index in [2.05, 4.69) is 0 Å². The number of ether oxygens (including phenoxy) is 14. The Morgan fingerprint density at radius 1 is 0.421 bits per heavy atom. The molecule has 2 aliphatic rings. The number of nitrogens with zero attached hydrogens (tertiary/aromatic N) is 3. The maximum absolute atomic E-state index is 14.7. The zero-order valence-electron chi connectivity index (χ0n) is 64.8. The number of rotatable bonds is 42. The summed E-state index contributed by atoms with van der Waals surface area (Å²) in [5, 5.41) is 0. The number of benzene rings is 6. The summed E-state index contributed by atoms with van der Waals surface area (Å²) in [6, 6.07) is 31.1. The van der Waals surface area contributed by atoms with E-state index in [1.54, 1.807) is 98.9 Å². The third-order valence-electron chi connectivity index (χ3n) is 20.1. The van der Waals surface area contributed by atoms with Crippen LogP contribution in [-0.4, -0.2) is 180 Å². The number of amides is 2. The molecule has 107 heavy (non-hydrogen) atoms. The van der Waals surface area contributed by atoms with Gasteiger partial charge in [-0.15, -0.1) is 0 Å². The van der Waals surface area contributed by atoms with E-state index in [0.29, 0.717) is 175 Å². The molecule has 2 saturated heterocycles. The predicted molar refractivity (Wildman–Crippen MR) is 405 cm³/mol. The summed E-state index contributed by atoms with van der Waals surface area (Å²) in [7, 11) is 19.4. The van der Waals surface area contributed by atoms with E-state index in [1.165, 1.54) is 42.7 Å². The van der Waals surface area contributed by atoms with Gasteiger partial charge in [-0.3, -0.25) is 19.2 Å². The smallest absolute Gasteiger partial charge is 0.329 e. The number of Topliss-reactive ketones (excluding diaryl/α,β-unsaturated/α-hetero) is 2. The molecule has 0 aliphatic carbocycles. The molecule has 6 aromatic rings. The lowest BCUT2D eigenvalue weighted by Gasteiger charge is -2.37. The van der Waals surface area contributed by atoms with Crippen LogP contribution in [0.1, 0.15) is 161 Å². The van der Waals surface area contributed by atoms with Gasteiger partial charge in [0.2, 0.25) is 23.3 Å². The van der Waals surface area contributed by atoms with Gasteiger partial charge in [0, 0.05) is 32.5 Å². The van der Waals surface area contributed by atoms with Crippen molar-refractivity contribution in [1.82, 2.24) is 14.7 Å². The molecule has 0 spiro atoms. The highest BCUT2D eigenvalue weighted by Gasteiger charge is 2.40. The summed E-state index contributed by atoms with van der Waals surface area (Å²) in [5.74, 6) is 2.65. The maximum Gasteiger partial charge on any atom is 0.329 e. The minimum Gasteiger partial charge on any atom is -0.493 e. The van der Waals surface area contributed by atoms with Gasteiger partial charge in [-0.05, 0) is 216 Å². The number of esters is 2. The van der Waals surface area contributed by atoms with Crippen molar-refractivity contribution < 1.29 is 95.1 Å². The Morgan fingerprint density at radius 2 is 0.794 bits per heavy atom. The number of hydrogen-bond donors (Lipinski definition) is 0. The summed E-state index contributed by atoms with van der Waals surface area (Å²) in [4.78, 5) is 91.8. The zero-order chi connectivity index (χ0) is 77.1. The first-order chi connectivity index (χ1) is 51.8. The van der Waals surface area contributed by atoms with Crippen LogP contribution in [0.25, 0.3) is 0 Å². The van der Waals surface area contributed by atoms with Crippen molar-refractivity contribution in [2.75, 3.05) is 118 Å². The van der Waals surface area contributed by atoms with Crippen LogP contribution in [0.2, 0.25) is 0 Å². The van der Waals surface area contributed by atoms with Crippen LogP contribution < -0.4 is 56.8 Å². The maximum atomic E-state index is 14.7. The predicted octanol–water partition coefficient (Wildman–Crippen LogP) is 13.7. The zero-order valence-corrected chi connectivity index (χ0v) is 64.8. The molecule has 2 aliphatic heterocycles. The highest BCUT2D eigenvalue weighted by molar-refractivity contribution is 5.90. The molecule has 0 aromatic heterocycles. The van der Waals surface area contributed by atoms with Crippen molar-refractivity contribution in [3.8, 4) is 69.0 Å². The highest BCUT2D eigenvalue weighted by Crippen LogP contribution is 2.44. The molecule has 23 nitrogen and oxygen atoms in total. The molecule has 23 heteroatoms. The second kappa shape index (κ2) is 41.3. The Kier molecular flexibility index (Phi) is 31.9. The van der Waals surface area contributed by atoms with Gasteiger partial charge in [-0.1, -0.05) is 50.2 Å². The SMILES string of the molecule is CC[C@H](C(=O)N1CCCC[C@H]1C(=O)O[C@H](CCc1ccc(OC)c(OC)c1)c1cccc(OCC(=O)CCC(CCC(=O)COc2cccc([C@@H](CCc3ccc(OC)c(OC)c3)OC(=O)[C@@H]3CCCCN3C(=O)[C@@H](CC)c3cc(OC)c(OC)c(OC)c3)c2)CN(C)C)c1)c1cc(OC)c(OC)c(OC)c1. The van der Waals surface area contributed by atoms with Crippen LogP contribution in [-0.2, 0) is 51.1 Å². The molecule has 8 rings (SSSR count). The fourth-order valence-corrected chi connectivity index (χ4v) is 14.3. The molecule has 6 atom stereocenters. The van der Waals surface area contributed by atoms with Gasteiger partial charge in [0.25, 0.3) is 0 Å². The molecule has 0 unspecified atom stereocenters. The fraction of sp³-hybridized carbons (Fsp3) is 0.500. The minimum atomic E-state index is -0.847. The second-order valence-electron chi connectivity index (χ2n) is 27.2. The lowest BCUT2D eigenvalue weighted by Crippen LogP contribution is -2.50. The second-order valence-corrected chi connectivity index (χ2v) is 27.2. The van der Waals surface area contributed by atoms with E-state index >= 15 is 0 Å². The molecule has 0 saturated carbocycles. The monoisotopic (exact) mass is 1480 g/mol. The number of piperidine rings is 2. The number of aryl methyl sites for hydroxylation is 2. The normalized spacial score (nSPS) is 15.4. The van der Waals surface area contributed by atoms with Gasteiger partial charge in [0.05, 0.1) is 82.9 Å². The molecule has 0 N–H and O–H groups in total. The molecule has 580 valence electrons. The van der Waals surface area contributed by atoms with Gasteiger partial charge < -0.3 is 81.0 Å². The van der Waals surface area contributed by atoms with Crippen LogP contribution in [0.4, 0.5) is 0 Å². The number of methoxy groups -OCH3 is 10. The topological polar surface area (TPSA) is 241 Å². The highest BCUT2D eigenvalue weighted by atomic mass is 16.6. The number of likely N-dealkylation sites (tertiary alicyclic amines) is 2. The first-order valence-electron chi connectivity index (χ1n) is 37.0. The van der Waals surface area contributed by atoms with E-state index in [-0.39, 0.29) is 55.4 Å². The van der Waals surface area contributed by atoms with Gasteiger partial charge in [-0.25, -0.2) is 9.59 Å². The first kappa shape index (κ1) is 82.7. The average molecular weight is 1480 g/mol. The molecule has 0 radical (unpaired) electrons. The van der Waals surface area contributed by atoms with Gasteiger partial charge in [-0.2, -0.15) is 0 Å². The van der Waals surface area contributed by atoms with Crippen molar-refractivity contribution in [2.24, 2.45) is 5.92 Å². The molecule has 6 aromatic carbocycles. The van der Waals surface area contributed by atoms with Gasteiger partial charge in [0.1, 0.15) is 49.0 Å². The van der Waals surface area contributed by atoms with Crippen molar-refractivity contribution in [3.63, 3.8) is 0 Å². The quantitative estimate of drug-likeness (QED) is 0.0323. The van der Waals surface area contributed by atoms with Crippen molar-refractivity contribution in [1.29, 1.82) is 0 Å². The number of ketones is 2. The van der Waals surface area contributed by atoms with Crippen LogP contribution in [0.15, 0.2) is 109 Å². The average Bonchev–Trinajstić information content (AvgIpc) is 0.795. The third-order valence-corrected chi connectivity index (χ3v) is 20.1. The van der Waals surface area contributed by atoms with Crippen LogP contribution in [0.5, 0.6) is 69.0 Å². The number of carbonyl (C=O) groups excluding carboxylic acids is 6. The summed E-state index contributed by atoms with van der Waals surface area (Å²) >= 11 is 0. The first-order valence-corrected chi connectivity index (χ1v) is 37.0. The fourth-order valence-electron chi connectivity index (χ4n) is 14.3. The van der Waals surface area contributed by atoms with E-state index in [4.69, 9.17) is 66.3 Å². The summed E-state index contributed by atoms with van der Waals surface area (Å²) in [6.45, 7) is 4.82. The Labute approximate surface area is 630 Å². The van der Waals surface area contributed by atoms with E-state index in [0.717, 1.165) is 36.8 Å². The van der Waals surface area contributed by atoms with Crippen LogP contribution in [0, 0.1) is 5.92 Å². The third kappa shape index (κ3) is 22.1. The molecule has 2 heterocycles. The number of carbonyl (C=O) groups is 6. The molecule has 2 fully saturated rings. The minimum absolute atomic E-state index is 0.0118. The largest absolute Gasteiger partial charge is 0.493 e. The Balaban J connectivity index is 0.906. The van der Waals surface area contributed by atoms with Crippen molar-refractivity contribution >= 4 is 35.3 Å². The Morgan fingerprint density at radius 3 is 1.13 bits per heavy atom. The van der Waals surface area contributed by atoms with Crippen LogP contribution >= 0.6 is 0 Å². The molecular formula is C84H109N3O20. The standard InChI is InChI=1S/C84H109N3O20/c1-15-65(59-47-75(98-9)79(102-13)76(48-59)99-10)81(90)86-41-19-17-27-67(86)83(92)106-69(37-31-54-33-39-71(94-5)73(43-54)96-7)57-23-21-25-63(45-57)104-52-61(88)35-29-56(51-85(3)4)30-36-62(89)53-105-64-26-22-24-58(46-64)70(38-32-55-34-40-72(95-6)74(44-55)97-8)107-84(93)68-28-18-20-42-87(68)82(91)66(16-2)60-49-77(100-11)80(103-14)78(50-60)101-12/h21-26,33-34,39-40,43-50,56,65-70H,15-20,27-32,35-38,41-42,51-53H2,1-14H3/t65-,66-,67-,68-,69+,70+/m0/s1.